The molecule has 0 saturated carbocycles. The van der Waals surface area contributed by atoms with Gasteiger partial charge in [-0.05, 0) is 6.92 Å². The molecule has 0 aliphatic carbocycles. The highest BCUT2D eigenvalue weighted by Crippen LogP contribution is 1.85. The molecule has 0 amide bonds. The van der Waals surface area contributed by atoms with Crippen molar-refractivity contribution in [3.8, 4) is 0 Å². The largest absolute Gasteiger partial charge is 0.478 e. The Labute approximate surface area is 116 Å². The summed E-state index contributed by atoms with van der Waals surface area (Å²) >= 11 is 7.36. The van der Waals surface area contributed by atoms with Gasteiger partial charge in [0.25, 0.3) is 0 Å². The van der Waals surface area contributed by atoms with E-state index in [2.05, 4.69) is 41.3 Å². The Hall–Kier alpha value is -1.15. The molecule has 1 N–H and O–H groups in total. The highest BCUT2D eigenvalue weighted by Gasteiger charge is 2.00. The van der Waals surface area contributed by atoms with E-state index in [1.807, 2.05) is 0 Å². The maximum absolute atomic E-state index is 10.5. The van der Waals surface area contributed by atoms with E-state index < -0.39 is 17.9 Å². The monoisotopic (exact) mass is 296 g/mol. The van der Waals surface area contributed by atoms with Crippen molar-refractivity contribution < 1.29 is 29.0 Å². The van der Waals surface area contributed by atoms with Gasteiger partial charge in [0.05, 0.1) is 11.5 Å². The summed E-state index contributed by atoms with van der Waals surface area (Å²) in [5.41, 5.74) is 0.176. The molecule has 104 valence electrons. The van der Waals surface area contributed by atoms with Gasteiger partial charge in [-0.25, -0.2) is 4.79 Å². The minimum absolute atomic E-state index is 0.0283. The number of rotatable bonds is 6. The molecule has 18 heavy (non-hydrogen) atoms. The lowest BCUT2D eigenvalue weighted by Gasteiger charge is -2.03. The van der Waals surface area contributed by atoms with E-state index in [-0.39, 0.29) is 30.3 Å². The minimum Gasteiger partial charge on any atom is -0.478 e. The van der Waals surface area contributed by atoms with E-state index in [1.54, 1.807) is 0 Å². The van der Waals surface area contributed by atoms with Crippen molar-refractivity contribution in [1.82, 2.24) is 0 Å². The van der Waals surface area contributed by atoms with E-state index in [4.69, 9.17) is 5.11 Å². The van der Waals surface area contributed by atoms with Gasteiger partial charge in [-0.2, -0.15) is 25.3 Å². The lowest BCUT2D eigenvalue weighted by Crippen LogP contribution is -2.14. The maximum Gasteiger partial charge on any atom is 0.330 e. The number of hydrogen-bond donors (Lipinski definition) is 3. The van der Waals surface area contributed by atoms with E-state index in [0.717, 1.165) is 0 Å². The SMILES string of the molecule is C=C(C)C(=O)O.O=C(CS)OCCOC(=O)CS. The summed E-state index contributed by atoms with van der Waals surface area (Å²) in [5.74, 6) is -1.74. The summed E-state index contributed by atoms with van der Waals surface area (Å²) in [4.78, 5) is 30.5. The van der Waals surface area contributed by atoms with Crippen LogP contribution in [-0.2, 0) is 23.9 Å². The first-order chi connectivity index (χ1) is 8.34. The van der Waals surface area contributed by atoms with Crippen LogP contribution in [0.3, 0.4) is 0 Å². The molecule has 0 aromatic carbocycles. The molecule has 0 aliphatic rings. The fraction of sp³-hybridized carbons (Fsp3) is 0.500. The van der Waals surface area contributed by atoms with Crippen LogP contribution in [-0.4, -0.2) is 47.7 Å². The molecule has 0 aromatic rings. The number of carbonyl (C=O) groups is 3. The predicted octanol–water partition coefficient (Wildman–Crippen LogP) is 0.579. The number of hydrogen-bond acceptors (Lipinski definition) is 7. The molecule has 0 atom stereocenters. The van der Waals surface area contributed by atoms with Crippen LogP contribution >= 0.6 is 25.3 Å². The number of carboxylic acids is 1. The second-order valence-corrected chi connectivity index (χ2v) is 3.48. The lowest BCUT2D eigenvalue weighted by molar-refractivity contribution is -0.148. The third-order valence-corrected chi connectivity index (χ3v) is 1.75. The molecule has 0 unspecified atom stereocenters. The van der Waals surface area contributed by atoms with Gasteiger partial charge in [-0.1, -0.05) is 6.58 Å². The Kier molecular flexibility index (Phi) is 13.1. The van der Waals surface area contributed by atoms with Gasteiger partial charge in [0.15, 0.2) is 0 Å². The molecule has 0 heterocycles. The Balaban J connectivity index is 0. The summed E-state index contributed by atoms with van der Waals surface area (Å²) in [6.07, 6.45) is 0. The van der Waals surface area contributed by atoms with Crippen molar-refractivity contribution in [2.24, 2.45) is 0 Å². The van der Waals surface area contributed by atoms with Crippen molar-refractivity contribution in [3.63, 3.8) is 0 Å². The number of carboxylic acid groups (broad SMARTS) is 1. The van der Waals surface area contributed by atoms with E-state index in [9.17, 15) is 14.4 Å². The molecule has 0 bridgehead atoms. The highest BCUT2D eigenvalue weighted by atomic mass is 32.1. The van der Waals surface area contributed by atoms with E-state index >= 15 is 0 Å². The normalized spacial score (nSPS) is 8.61. The number of esters is 2. The number of carbonyl (C=O) groups excluding carboxylic acids is 2. The predicted molar refractivity (Wildman–Crippen MR) is 72.1 cm³/mol. The van der Waals surface area contributed by atoms with Crippen molar-refractivity contribution >= 4 is 43.2 Å². The van der Waals surface area contributed by atoms with Gasteiger partial charge in [0.2, 0.25) is 0 Å². The zero-order valence-corrected chi connectivity index (χ0v) is 11.7. The van der Waals surface area contributed by atoms with Gasteiger partial charge in [0, 0.05) is 5.57 Å². The first-order valence-corrected chi connectivity index (χ1v) is 6.03. The van der Waals surface area contributed by atoms with Crippen LogP contribution in [0.1, 0.15) is 6.92 Å². The fourth-order valence-electron chi connectivity index (χ4n) is 0.402. The summed E-state index contributed by atoms with van der Waals surface area (Å²) in [6.45, 7) is 4.74. The van der Waals surface area contributed by atoms with Crippen LogP contribution in [0.15, 0.2) is 12.2 Å². The first-order valence-electron chi connectivity index (χ1n) is 4.76. The first kappa shape index (κ1) is 19.2. The number of ether oxygens (including phenoxy) is 2. The summed E-state index contributed by atoms with van der Waals surface area (Å²) in [6, 6.07) is 0. The quantitative estimate of drug-likeness (QED) is 0.287. The second kappa shape index (κ2) is 12.3. The molecule has 0 radical (unpaired) electrons. The Morgan fingerprint density at radius 2 is 1.33 bits per heavy atom. The van der Waals surface area contributed by atoms with Gasteiger partial charge >= 0.3 is 17.9 Å². The van der Waals surface area contributed by atoms with E-state index in [0.29, 0.717) is 0 Å². The van der Waals surface area contributed by atoms with Crippen LogP contribution in [0.25, 0.3) is 0 Å². The van der Waals surface area contributed by atoms with Crippen LogP contribution in [0.5, 0.6) is 0 Å². The fourth-order valence-corrected chi connectivity index (χ4v) is 0.585. The van der Waals surface area contributed by atoms with E-state index in [1.165, 1.54) is 6.92 Å². The Morgan fingerprint density at radius 1 is 1.06 bits per heavy atom. The summed E-state index contributed by atoms with van der Waals surface area (Å²) < 4.78 is 9.14. The lowest BCUT2D eigenvalue weighted by atomic mass is 10.4. The molecular weight excluding hydrogens is 280 g/mol. The van der Waals surface area contributed by atoms with Crippen molar-refractivity contribution in [2.75, 3.05) is 24.7 Å². The molecule has 8 heteroatoms. The molecule has 0 aromatic heterocycles. The third kappa shape index (κ3) is 14.9. The molecule has 0 aliphatic heterocycles. The molecular formula is C10H16O6S2. The van der Waals surface area contributed by atoms with Crippen molar-refractivity contribution in [1.29, 1.82) is 0 Å². The molecule has 0 spiro atoms. The third-order valence-electron chi connectivity index (χ3n) is 1.23. The minimum atomic E-state index is -0.935. The van der Waals surface area contributed by atoms with Gasteiger partial charge < -0.3 is 14.6 Å². The summed E-state index contributed by atoms with van der Waals surface area (Å²) in [5, 5.41) is 7.89. The highest BCUT2D eigenvalue weighted by molar-refractivity contribution is 7.81. The smallest absolute Gasteiger partial charge is 0.330 e. The second-order valence-electron chi connectivity index (χ2n) is 2.84. The van der Waals surface area contributed by atoms with Crippen LogP contribution in [0.2, 0.25) is 0 Å². The van der Waals surface area contributed by atoms with Crippen LogP contribution in [0.4, 0.5) is 0 Å². The topological polar surface area (TPSA) is 89.9 Å². The van der Waals surface area contributed by atoms with Crippen molar-refractivity contribution in [2.45, 2.75) is 6.92 Å². The number of aliphatic carboxylic acids is 1. The zero-order valence-electron chi connectivity index (χ0n) is 9.92. The molecule has 6 nitrogen and oxygen atoms in total. The zero-order chi connectivity index (χ0) is 14.6. The van der Waals surface area contributed by atoms with Crippen LogP contribution in [0, 0.1) is 0 Å². The maximum atomic E-state index is 10.5. The molecule has 0 rings (SSSR count). The summed E-state index contributed by atoms with van der Waals surface area (Å²) in [7, 11) is 0. The Bertz CT molecular complexity index is 273. The van der Waals surface area contributed by atoms with Gasteiger partial charge in [0.1, 0.15) is 13.2 Å². The number of thiol groups is 2. The molecule has 0 saturated heterocycles. The standard InChI is InChI=1S/C6H10O4S2.C4H6O2/c7-5(3-11)9-1-2-10-6(8)4-12;1-3(2)4(5)6/h11-12H,1-4H2;1H2,2H3,(H,5,6). The average Bonchev–Trinajstić information content (AvgIpc) is 2.34. The molecule has 0 fully saturated rings. The van der Waals surface area contributed by atoms with Gasteiger partial charge in [-0.3, -0.25) is 9.59 Å². The average molecular weight is 296 g/mol. The van der Waals surface area contributed by atoms with Crippen LogP contribution < -0.4 is 0 Å². The Morgan fingerprint density at radius 3 is 1.50 bits per heavy atom. The van der Waals surface area contributed by atoms with Gasteiger partial charge in [-0.15, -0.1) is 0 Å². The van der Waals surface area contributed by atoms with Crippen molar-refractivity contribution in [3.05, 3.63) is 12.2 Å².